The Kier molecular flexibility index (Phi) is 5.39. The molecule has 6 nitrogen and oxygen atoms in total. The molecule has 0 unspecified atom stereocenters. The van der Waals surface area contributed by atoms with Crippen LogP contribution in [0.15, 0.2) is 24.3 Å². The number of aryl methyl sites for hydroxylation is 2. The molecule has 0 saturated carbocycles. The number of rotatable bonds is 5. The minimum atomic E-state index is -0.177. The first kappa shape index (κ1) is 17.7. The Morgan fingerprint density at radius 2 is 1.79 bits per heavy atom. The van der Waals surface area contributed by atoms with Gasteiger partial charge in [0.15, 0.2) is 0 Å². The van der Waals surface area contributed by atoms with E-state index in [0.717, 1.165) is 11.3 Å². The van der Waals surface area contributed by atoms with Crippen molar-refractivity contribution in [2.45, 2.75) is 40.2 Å². The largest absolute Gasteiger partial charge is 0.354 e. The van der Waals surface area contributed by atoms with Crippen molar-refractivity contribution in [3.05, 3.63) is 46.8 Å². The molecule has 2 amide bonds. The fraction of sp³-hybridized carbons (Fsp3) is 0.389. The van der Waals surface area contributed by atoms with Crippen LogP contribution < -0.4 is 10.6 Å². The lowest BCUT2D eigenvalue weighted by Gasteiger charge is -2.09. The van der Waals surface area contributed by atoms with Crippen LogP contribution in [-0.4, -0.2) is 27.6 Å². The highest BCUT2D eigenvalue weighted by Gasteiger charge is 2.17. The predicted molar refractivity (Wildman–Crippen MR) is 94.1 cm³/mol. The molecule has 0 saturated heterocycles. The van der Waals surface area contributed by atoms with Crippen LogP contribution in [0.4, 0.5) is 5.69 Å². The summed E-state index contributed by atoms with van der Waals surface area (Å²) in [6.07, 6.45) is 0.327. The van der Waals surface area contributed by atoms with E-state index in [4.69, 9.17) is 0 Å². The first-order valence-corrected chi connectivity index (χ1v) is 7.97. The molecule has 128 valence electrons. The van der Waals surface area contributed by atoms with Gasteiger partial charge in [0.05, 0.1) is 17.7 Å². The normalized spacial score (nSPS) is 10.8. The van der Waals surface area contributed by atoms with Crippen molar-refractivity contribution in [1.29, 1.82) is 0 Å². The maximum absolute atomic E-state index is 12.4. The van der Waals surface area contributed by atoms with E-state index in [2.05, 4.69) is 15.7 Å². The Balaban J connectivity index is 2.03. The summed E-state index contributed by atoms with van der Waals surface area (Å²) < 4.78 is 1.70. The van der Waals surface area contributed by atoms with Crippen LogP contribution in [0.25, 0.3) is 0 Å². The number of hydrogen-bond donors (Lipinski definition) is 2. The molecule has 0 atom stereocenters. The average molecular weight is 328 g/mol. The number of nitrogens with zero attached hydrogens (tertiary/aromatic N) is 2. The van der Waals surface area contributed by atoms with Crippen LogP contribution in [0.5, 0.6) is 0 Å². The molecule has 24 heavy (non-hydrogen) atoms. The van der Waals surface area contributed by atoms with E-state index in [1.165, 1.54) is 0 Å². The monoisotopic (exact) mass is 328 g/mol. The standard InChI is InChI=1S/C18H24N4O2/c1-11(2)19-16(23)10-14-6-8-15(9-7-14)20-18(24)17-12(3)21-22(5)13(17)4/h6-9,11H,10H2,1-5H3,(H,19,23)(H,20,24). The molecule has 0 aliphatic heterocycles. The molecule has 6 heteroatoms. The summed E-state index contributed by atoms with van der Waals surface area (Å²) in [7, 11) is 1.82. The number of hydrogen-bond acceptors (Lipinski definition) is 3. The average Bonchev–Trinajstić information content (AvgIpc) is 2.73. The Bertz CT molecular complexity index is 745. The molecule has 2 N–H and O–H groups in total. The van der Waals surface area contributed by atoms with Gasteiger partial charge in [0.2, 0.25) is 5.91 Å². The molecule has 1 heterocycles. The minimum absolute atomic E-state index is 0.0107. The maximum atomic E-state index is 12.4. The van der Waals surface area contributed by atoms with Crippen molar-refractivity contribution in [1.82, 2.24) is 15.1 Å². The molecule has 1 aromatic heterocycles. The van der Waals surface area contributed by atoms with Gasteiger partial charge in [-0.1, -0.05) is 12.1 Å². The molecule has 0 aliphatic carbocycles. The number of amides is 2. The van der Waals surface area contributed by atoms with Gasteiger partial charge in [-0.05, 0) is 45.4 Å². The third-order valence-corrected chi connectivity index (χ3v) is 3.76. The SMILES string of the molecule is Cc1nn(C)c(C)c1C(=O)Nc1ccc(CC(=O)NC(C)C)cc1. The maximum Gasteiger partial charge on any atom is 0.259 e. The number of aromatic nitrogens is 2. The fourth-order valence-corrected chi connectivity index (χ4v) is 2.56. The van der Waals surface area contributed by atoms with Gasteiger partial charge in [-0.2, -0.15) is 5.10 Å². The number of benzene rings is 1. The second-order valence-electron chi connectivity index (χ2n) is 6.22. The smallest absolute Gasteiger partial charge is 0.259 e. The van der Waals surface area contributed by atoms with Crippen molar-refractivity contribution in [3.8, 4) is 0 Å². The van der Waals surface area contributed by atoms with Crippen molar-refractivity contribution < 1.29 is 9.59 Å². The molecule has 1 aromatic carbocycles. The van der Waals surface area contributed by atoms with Crippen LogP contribution in [0, 0.1) is 13.8 Å². The molecule has 2 aromatic rings. The van der Waals surface area contributed by atoms with Crippen LogP contribution in [0.1, 0.15) is 41.2 Å². The fourth-order valence-electron chi connectivity index (χ4n) is 2.56. The highest BCUT2D eigenvalue weighted by atomic mass is 16.2. The molecule has 0 radical (unpaired) electrons. The van der Waals surface area contributed by atoms with E-state index in [9.17, 15) is 9.59 Å². The zero-order valence-corrected chi connectivity index (χ0v) is 14.8. The van der Waals surface area contributed by atoms with Gasteiger partial charge in [0.1, 0.15) is 0 Å². The highest BCUT2D eigenvalue weighted by Crippen LogP contribution is 2.16. The van der Waals surface area contributed by atoms with E-state index in [-0.39, 0.29) is 17.9 Å². The number of anilines is 1. The van der Waals surface area contributed by atoms with Crippen molar-refractivity contribution in [3.63, 3.8) is 0 Å². The lowest BCUT2D eigenvalue weighted by atomic mass is 10.1. The zero-order valence-electron chi connectivity index (χ0n) is 14.8. The van der Waals surface area contributed by atoms with Crippen LogP contribution in [0.2, 0.25) is 0 Å². The minimum Gasteiger partial charge on any atom is -0.354 e. The molecular weight excluding hydrogens is 304 g/mol. The third kappa shape index (κ3) is 4.22. The molecule has 0 bridgehead atoms. The second-order valence-corrected chi connectivity index (χ2v) is 6.22. The van der Waals surface area contributed by atoms with Gasteiger partial charge >= 0.3 is 0 Å². The van der Waals surface area contributed by atoms with Gasteiger partial charge in [0, 0.05) is 24.5 Å². The first-order valence-electron chi connectivity index (χ1n) is 7.97. The summed E-state index contributed by atoms with van der Waals surface area (Å²) in [6.45, 7) is 7.54. The van der Waals surface area contributed by atoms with Crippen molar-refractivity contribution in [2.24, 2.45) is 7.05 Å². The Morgan fingerprint density at radius 3 is 2.29 bits per heavy atom. The number of carbonyl (C=O) groups is 2. The molecule has 0 aliphatic rings. The summed E-state index contributed by atoms with van der Waals surface area (Å²) in [5, 5.41) is 9.98. The van der Waals surface area contributed by atoms with E-state index in [1.54, 1.807) is 16.8 Å². The Labute approximate surface area is 142 Å². The van der Waals surface area contributed by atoms with Gasteiger partial charge in [0.25, 0.3) is 5.91 Å². The van der Waals surface area contributed by atoms with Crippen LogP contribution in [0.3, 0.4) is 0 Å². The first-order chi connectivity index (χ1) is 11.3. The lowest BCUT2D eigenvalue weighted by Crippen LogP contribution is -2.31. The van der Waals surface area contributed by atoms with E-state index >= 15 is 0 Å². The van der Waals surface area contributed by atoms with E-state index in [0.29, 0.717) is 23.4 Å². The summed E-state index contributed by atoms with van der Waals surface area (Å²) in [5.74, 6) is -0.188. The van der Waals surface area contributed by atoms with E-state index < -0.39 is 0 Å². The number of nitrogens with one attached hydrogen (secondary N) is 2. The molecule has 2 rings (SSSR count). The third-order valence-electron chi connectivity index (χ3n) is 3.76. The predicted octanol–water partition coefficient (Wildman–Crippen LogP) is 2.36. The summed E-state index contributed by atoms with van der Waals surface area (Å²) in [5.41, 5.74) is 3.72. The Morgan fingerprint density at radius 1 is 1.17 bits per heavy atom. The van der Waals surface area contributed by atoms with E-state index in [1.807, 2.05) is 46.9 Å². The molecule has 0 fully saturated rings. The van der Waals surface area contributed by atoms with Gasteiger partial charge in [-0.25, -0.2) is 0 Å². The summed E-state index contributed by atoms with van der Waals surface area (Å²) in [6, 6.07) is 7.42. The Hall–Kier alpha value is -2.63. The van der Waals surface area contributed by atoms with Gasteiger partial charge in [-0.15, -0.1) is 0 Å². The second kappa shape index (κ2) is 7.29. The topological polar surface area (TPSA) is 76.0 Å². The van der Waals surface area contributed by atoms with Crippen LogP contribution >= 0.6 is 0 Å². The molecule has 0 spiro atoms. The highest BCUT2D eigenvalue weighted by molar-refractivity contribution is 6.05. The molecular formula is C18H24N4O2. The quantitative estimate of drug-likeness (QED) is 0.884. The summed E-state index contributed by atoms with van der Waals surface area (Å²) >= 11 is 0. The number of carbonyl (C=O) groups excluding carboxylic acids is 2. The lowest BCUT2D eigenvalue weighted by molar-refractivity contribution is -0.120. The van der Waals surface area contributed by atoms with Crippen molar-refractivity contribution in [2.75, 3.05) is 5.32 Å². The summed E-state index contributed by atoms with van der Waals surface area (Å²) in [4.78, 5) is 24.2. The van der Waals surface area contributed by atoms with Crippen LogP contribution in [-0.2, 0) is 18.3 Å². The van der Waals surface area contributed by atoms with Crippen molar-refractivity contribution >= 4 is 17.5 Å². The van der Waals surface area contributed by atoms with Gasteiger partial charge < -0.3 is 10.6 Å². The van der Waals surface area contributed by atoms with Gasteiger partial charge in [-0.3, -0.25) is 14.3 Å². The zero-order chi connectivity index (χ0) is 17.9.